The number of rotatable bonds is 8. The van der Waals surface area contributed by atoms with E-state index < -0.39 is 17.2 Å². The van der Waals surface area contributed by atoms with Crippen molar-refractivity contribution in [1.29, 1.82) is 0 Å². The maximum atomic E-state index is 12.9. The van der Waals surface area contributed by atoms with Crippen molar-refractivity contribution in [3.63, 3.8) is 0 Å². The third kappa shape index (κ3) is 5.32. The minimum absolute atomic E-state index is 0.0287. The fourth-order valence-electron chi connectivity index (χ4n) is 3.05. The summed E-state index contributed by atoms with van der Waals surface area (Å²) in [5.41, 5.74) is -0.628. The fraction of sp³-hybridized carbons (Fsp3) is 0.273. The number of benzene rings is 1. The maximum absolute atomic E-state index is 12.9. The molecule has 174 valence electrons. The zero-order valence-electron chi connectivity index (χ0n) is 18.5. The zero-order valence-corrected chi connectivity index (χ0v) is 19.4. The van der Waals surface area contributed by atoms with E-state index in [0.717, 1.165) is 9.44 Å². The Morgan fingerprint density at radius 2 is 1.73 bits per heavy atom. The average molecular weight is 474 g/mol. The molecule has 33 heavy (non-hydrogen) atoms. The van der Waals surface area contributed by atoms with E-state index in [1.54, 1.807) is 0 Å². The lowest BCUT2D eigenvalue weighted by molar-refractivity contribution is -0.115. The summed E-state index contributed by atoms with van der Waals surface area (Å²) in [5.74, 6) is -0.528. The van der Waals surface area contributed by atoms with E-state index in [-0.39, 0.29) is 41.6 Å². The van der Waals surface area contributed by atoms with Crippen LogP contribution in [0.1, 0.15) is 20.9 Å². The maximum Gasteiger partial charge on any atom is 0.340 e. The molecule has 11 heteroatoms. The highest BCUT2D eigenvalue weighted by molar-refractivity contribution is 7.10. The van der Waals surface area contributed by atoms with Crippen molar-refractivity contribution in [1.82, 2.24) is 9.13 Å². The van der Waals surface area contributed by atoms with Crippen LogP contribution in [0.3, 0.4) is 0 Å². The topological polar surface area (TPSA) is 118 Å². The Morgan fingerprint density at radius 1 is 1.03 bits per heavy atom. The molecule has 1 N–H and O–H groups in total. The number of nitrogens with zero attached hydrogens (tertiary/aromatic N) is 2. The summed E-state index contributed by atoms with van der Waals surface area (Å²) in [7, 11) is 5.67. The minimum atomic E-state index is -0.782. The second kappa shape index (κ2) is 10.2. The largest absolute Gasteiger partial charge is 0.493 e. The van der Waals surface area contributed by atoms with Crippen LogP contribution in [-0.4, -0.2) is 35.2 Å². The van der Waals surface area contributed by atoms with Crippen molar-refractivity contribution in [2.45, 2.75) is 13.0 Å². The van der Waals surface area contributed by atoms with E-state index in [0.29, 0.717) is 5.75 Å². The van der Waals surface area contributed by atoms with Crippen LogP contribution < -0.4 is 26.0 Å². The normalized spacial score (nSPS) is 10.5. The number of hydrogen-bond acceptors (Lipinski definition) is 8. The molecule has 2 aromatic heterocycles. The van der Waals surface area contributed by atoms with Crippen molar-refractivity contribution in [3.8, 4) is 11.5 Å². The van der Waals surface area contributed by atoms with Gasteiger partial charge in [-0.05, 0) is 11.4 Å². The van der Waals surface area contributed by atoms with Gasteiger partial charge in [0.05, 0.1) is 37.6 Å². The van der Waals surface area contributed by atoms with Crippen molar-refractivity contribution < 1.29 is 23.8 Å². The zero-order chi connectivity index (χ0) is 24.1. The van der Waals surface area contributed by atoms with E-state index in [1.165, 1.54) is 62.4 Å². The summed E-state index contributed by atoms with van der Waals surface area (Å²) in [6.07, 6.45) is 0.135. The molecule has 0 spiro atoms. The summed E-state index contributed by atoms with van der Waals surface area (Å²) in [4.78, 5) is 50.3. The average Bonchev–Trinajstić information content (AvgIpc) is 3.31. The van der Waals surface area contributed by atoms with Crippen LogP contribution in [0.25, 0.3) is 0 Å². The van der Waals surface area contributed by atoms with Gasteiger partial charge in [-0.15, -0.1) is 11.3 Å². The molecule has 0 aliphatic carbocycles. The van der Waals surface area contributed by atoms with Gasteiger partial charge in [0.1, 0.15) is 6.61 Å². The molecule has 0 atom stereocenters. The lowest BCUT2D eigenvalue weighted by Crippen LogP contribution is -2.38. The molecule has 0 saturated carbocycles. The van der Waals surface area contributed by atoms with E-state index in [2.05, 4.69) is 5.32 Å². The number of carbonyl (C=O) groups excluding carboxylic acids is 2. The number of aromatic nitrogens is 2. The van der Waals surface area contributed by atoms with E-state index in [1.807, 2.05) is 17.5 Å². The SMILES string of the molecule is COc1cc(NC(=O)Cc2cccs2)c(C(=O)OCc2cc(=O)n(C)c(=O)n2C)cc1OC. The van der Waals surface area contributed by atoms with Crippen molar-refractivity contribution in [2.24, 2.45) is 14.1 Å². The molecule has 0 fully saturated rings. The van der Waals surface area contributed by atoms with Crippen LogP contribution in [0.2, 0.25) is 0 Å². The summed E-state index contributed by atoms with van der Waals surface area (Å²) in [6.45, 7) is -0.322. The molecule has 0 radical (unpaired) electrons. The molecule has 10 nitrogen and oxygen atoms in total. The highest BCUT2D eigenvalue weighted by atomic mass is 32.1. The molecule has 0 aliphatic heterocycles. The van der Waals surface area contributed by atoms with Crippen LogP contribution in [0, 0.1) is 0 Å². The van der Waals surface area contributed by atoms with E-state index in [4.69, 9.17) is 14.2 Å². The Labute approximate surface area is 193 Å². The number of ether oxygens (including phenoxy) is 3. The Bertz CT molecular complexity index is 1290. The minimum Gasteiger partial charge on any atom is -0.493 e. The van der Waals surface area contributed by atoms with E-state index in [9.17, 15) is 19.2 Å². The van der Waals surface area contributed by atoms with Gasteiger partial charge >= 0.3 is 11.7 Å². The van der Waals surface area contributed by atoms with Crippen LogP contribution in [0.5, 0.6) is 11.5 Å². The van der Waals surface area contributed by atoms with Crippen molar-refractivity contribution in [3.05, 3.63) is 72.7 Å². The molecule has 1 amide bonds. The van der Waals surface area contributed by atoms with Gasteiger partial charge in [-0.2, -0.15) is 0 Å². The number of esters is 1. The highest BCUT2D eigenvalue weighted by Crippen LogP contribution is 2.34. The molecule has 3 aromatic rings. The Morgan fingerprint density at radius 3 is 2.36 bits per heavy atom. The number of methoxy groups -OCH3 is 2. The van der Waals surface area contributed by atoms with Gasteiger partial charge in [0.2, 0.25) is 5.91 Å². The number of amides is 1. The number of anilines is 1. The number of hydrogen-bond donors (Lipinski definition) is 1. The molecule has 1 aromatic carbocycles. The summed E-state index contributed by atoms with van der Waals surface area (Å²) in [6, 6.07) is 7.76. The lowest BCUT2D eigenvalue weighted by Gasteiger charge is -2.16. The molecular formula is C22H23N3O7S. The molecule has 2 heterocycles. The molecule has 0 bridgehead atoms. The highest BCUT2D eigenvalue weighted by Gasteiger charge is 2.21. The molecule has 0 saturated heterocycles. The summed E-state index contributed by atoms with van der Waals surface area (Å²) < 4.78 is 18.1. The predicted octanol–water partition coefficient (Wildman–Crippen LogP) is 1.70. The second-order valence-corrected chi connectivity index (χ2v) is 8.04. The lowest BCUT2D eigenvalue weighted by atomic mass is 10.1. The van der Waals surface area contributed by atoms with Crippen LogP contribution in [0.15, 0.2) is 45.3 Å². The standard InChI is InChI=1S/C22H23N3O7S/c1-24-13(8-20(27)25(2)22(24)29)12-32-21(28)15-10-17(30-3)18(31-4)11-16(15)23-19(26)9-14-6-5-7-33-14/h5-8,10-11H,9,12H2,1-4H3,(H,23,26). The van der Waals surface area contributed by atoms with Gasteiger partial charge in [0.15, 0.2) is 11.5 Å². The summed E-state index contributed by atoms with van der Waals surface area (Å²) >= 11 is 1.44. The first-order valence-electron chi connectivity index (χ1n) is 9.76. The van der Waals surface area contributed by atoms with E-state index >= 15 is 0 Å². The monoisotopic (exact) mass is 473 g/mol. The third-order valence-corrected chi connectivity index (χ3v) is 5.79. The molecule has 0 unspecified atom stereocenters. The smallest absolute Gasteiger partial charge is 0.340 e. The van der Waals surface area contributed by atoms with Crippen LogP contribution >= 0.6 is 11.3 Å². The Balaban J connectivity index is 1.88. The van der Waals surface area contributed by atoms with Gasteiger partial charge in [0.25, 0.3) is 5.56 Å². The van der Waals surface area contributed by atoms with Crippen LogP contribution in [0.4, 0.5) is 5.69 Å². The van der Waals surface area contributed by atoms with Crippen LogP contribution in [-0.2, 0) is 36.7 Å². The third-order valence-electron chi connectivity index (χ3n) is 4.91. The van der Waals surface area contributed by atoms with Gasteiger partial charge in [0, 0.05) is 37.2 Å². The summed E-state index contributed by atoms with van der Waals surface area (Å²) in [5, 5.41) is 4.58. The first-order chi connectivity index (χ1) is 15.7. The predicted molar refractivity (Wildman–Crippen MR) is 122 cm³/mol. The van der Waals surface area contributed by atoms with Gasteiger partial charge in [-0.25, -0.2) is 9.59 Å². The Hall–Kier alpha value is -3.86. The van der Waals surface area contributed by atoms with Gasteiger partial charge < -0.3 is 19.5 Å². The molecule has 3 rings (SSSR count). The first kappa shape index (κ1) is 23.8. The first-order valence-corrected chi connectivity index (χ1v) is 10.6. The molecule has 0 aliphatic rings. The number of carbonyl (C=O) groups is 2. The fourth-order valence-corrected chi connectivity index (χ4v) is 3.75. The number of nitrogens with one attached hydrogen (secondary N) is 1. The van der Waals surface area contributed by atoms with Gasteiger partial charge in [-0.1, -0.05) is 6.07 Å². The second-order valence-electron chi connectivity index (χ2n) is 7.01. The molecular weight excluding hydrogens is 450 g/mol. The van der Waals surface area contributed by atoms with Gasteiger partial charge in [-0.3, -0.25) is 18.7 Å². The quantitative estimate of drug-likeness (QED) is 0.495. The Kier molecular flexibility index (Phi) is 7.34. The van der Waals surface area contributed by atoms with Crippen molar-refractivity contribution >= 4 is 28.9 Å². The number of thiophene rings is 1. The van der Waals surface area contributed by atoms with Crippen molar-refractivity contribution in [2.75, 3.05) is 19.5 Å².